The molecule has 0 saturated heterocycles. The number of anilines is 3. The highest BCUT2D eigenvalue weighted by Gasteiger charge is 2.46. The fourth-order valence-electron chi connectivity index (χ4n) is 9.78. The van der Waals surface area contributed by atoms with Crippen LogP contribution in [0.15, 0.2) is 221 Å². The van der Waals surface area contributed by atoms with E-state index in [9.17, 15) is 0 Å². The fraction of sp³-hybridized carbons (Fsp3) is 0.0182. The van der Waals surface area contributed by atoms with Crippen LogP contribution < -0.4 is 4.90 Å². The maximum absolute atomic E-state index is 7.02. The number of furan rings is 2. The molecule has 0 amide bonds. The molecule has 0 saturated carbocycles. The third-order valence-corrected chi connectivity index (χ3v) is 12.1. The predicted octanol–water partition coefficient (Wildman–Crippen LogP) is 15.0. The van der Waals surface area contributed by atoms with Gasteiger partial charge < -0.3 is 13.7 Å². The number of rotatable bonds is 6. The number of nitrogens with zero attached hydrogens (tertiary/aromatic N) is 1. The maximum atomic E-state index is 7.02. The van der Waals surface area contributed by atoms with Crippen molar-refractivity contribution in [3.63, 3.8) is 0 Å². The summed E-state index contributed by atoms with van der Waals surface area (Å²) in [6.45, 7) is 0. The van der Waals surface area contributed by atoms with Crippen LogP contribution in [0.5, 0.6) is 0 Å². The van der Waals surface area contributed by atoms with Gasteiger partial charge in [0.05, 0.1) is 11.1 Å². The highest BCUT2D eigenvalue weighted by atomic mass is 16.3. The lowest BCUT2D eigenvalue weighted by molar-refractivity contribution is 0.663. The van der Waals surface area contributed by atoms with Gasteiger partial charge in [0.15, 0.2) is 0 Å². The second kappa shape index (κ2) is 12.7. The van der Waals surface area contributed by atoms with Crippen LogP contribution in [0.3, 0.4) is 0 Å². The average molecular weight is 742 g/mol. The maximum Gasteiger partial charge on any atom is 0.145 e. The van der Waals surface area contributed by atoms with Crippen LogP contribution in [0.4, 0.5) is 17.1 Å². The van der Waals surface area contributed by atoms with E-state index in [0.717, 1.165) is 72.1 Å². The zero-order valence-electron chi connectivity index (χ0n) is 31.5. The third kappa shape index (κ3) is 4.62. The molecule has 2 heterocycles. The largest absolute Gasteiger partial charge is 0.456 e. The number of hydrogen-bond donors (Lipinski definition) is 0. The summed E-state index contributed by atoms with van der Waals surface area (Å²) >= 11 is 0. The van der Waals surface area contributed by atoms with E-state index >= 15 is 0 Å². The first-order valence-electron chi connectivity index (χ1n) is 19.8. The smallest absolute Gasteiger partial charge is 0.145 e. The van der Waals surface area contributed by atoms with Crippen molar-refractivity contribution >= 4 is 60.9 Å². The normalized spacial score (nSPS) is 13.0. The summed E-state index contributed by atoms with van der Waals surface area (Å²) in [6.07, 6.45) is 0. The van der Waals surface area contributed by atoms with Gasteiger partial charge in [-0.05, 0) is 93.5 Å². The molecule has 0 radical (unpaired) electrons. The Morgan fingerprint density at radius 2 is 0.966 bits per heavy atom. The molecule has 0 aliphatic heterocycles. The summed E-state index contributed by atoms with van der Waals surface area (Å²) < 4.78 is 13.4. The van der Waals surface area contributed by atoms with Gasteiger partial charge in [0.2, 0.25) is 0 Å². The molecule has 2 aromatic heterocycles. The van der Waals surface area contributed by atoms with Crippen LogP contribution in [0.25, 0.3) is 66.1 Å². The van der Waals surface area contributed by atoms with Crippen LogP contribution in [0, 0.1) is 0 Å². The van der Waals surface area contributed by atoms with Crippen molar-refractivity contribution in [1.82, 2.24) is 0 Å². The Morgan fingerprint density at radius 1 is 0.379 bits per heavy atom. The zero-order valence-corrected chi connectivity index (χ0v) is 31.5. The Hall–Kier alpha value is -7.62. The molecule has 0 unspecified atom stereocenters. The lowest BCUT2D eigenvalue weighted by Gasteiger charge is -2.35. The van der Waals surface area contributed by atoms with E-state index in [2.05, 4.69) is 193 Å². The van der Waals surface area contributed by atoms with Crippen molar-refractivity contribution in [2.45, 2.75) is 5.41 Å². The Bertz CT molecular complexity index is 3290. The van der Waals surface area contributed by atoms with Crippen molar-refractivity contribution in [1.29, 1.82) is 0 Å². The van der Waals surface area contributed by atoms with Crippen LogP contribution in [-0.4, -0.2) is 0 Å². The number of hydrogen-bond acceptors (Lipinski definition) is 3. The average Bonchev–Trinajstić information content (AvgIpc) is 3.96. The van der Waals surface area contributed by atoms with Gasteiger partial charge >= 0.3 is 0 Å². The van der Waals surface area contributed by atoms with E-state index in [1.807, 2.05) is 24.3 Å². The minimum absolute atomic E-state index is 0.531. The Balaban J connectivity index is 1.17. The number of para-hydroxylation sites is 2. The van der Waals surface area contributed by atoms with Crippen LogP contribution in [0.2, 0.25) is 0 Å². The molecule has 12 rings (SSSR count). The van der Waals surface area contributed by atoms with E-state index < -0.39 is 5.41 Å². The summed E-state index contributed by atoms with van der Waals surface area (Å²) in [4.78, 5) is 2.40. The molecule has 0 bridgehead atoms. The zero-order chi connectivity index (χ0) is 38.2. The van der Waals surface area contributed by atoms with Gasteiger partial charge in [-0.15, -0.1) is 0 Å². The molecule has 1 aliphatic carbocycles. The monoisotopic (exact) mass is 741 g/mol. The highest BCUT2D eigenvalue weighted by molar-refractivity contribution is 6.27. The van der Waals surface area contributed by atoms with Crippen molar-refractivity contribution < 1.29 is 8.83 Å². The fourth-order valence-corrected chi connectivity index (χ4v) is 9.78. The van der Waals surface area contributed by atoms with Crippen molar-refractivity contribution in [3.8, 4) is 22.3 Å². The molecular weight excluding hydrogens is 707 g/mol. The van der Waals surface area contributed by atoms with Crippen LogP contribution in [-0.2, 0) is 5.41 Å². The third-order valence-electron chi connectivity index (χ3n) is 12.1. The van der Waals surface area contributed by atoms with Gasteiger partial charge in [-0.1, -0.05) is 158 Å². The van der Waals surface area contributed by atoms with Gasteiger partial charge in [0.25, 0.3) is 0 Å². The molecule has 11 aromatic rings. The van der Waals surface area contributed by atoms with E-state index in [0.29, 0.717) is 0 Å². The Kier molecular flexibility index (Phi) is 7.14. The first-order chi connectivity index (χ1) is 28.8. The van der Waals surface area contributed by atoms with Crippen LogP contribution >= 0.6 is 0 Å². The number of fused-ring (bicyclic) bond motifs is 10. The van der Waals surface area contributed by atoms with E-state index in [1.165, 1.54) is 33.4 Å². The molecule has 0 spiro atoms. The van der Waals surface area contributed by atoms with Crippen molar-refractivity contribution in [2.75, 3.05) is 4.90 Å². The molecule has 3 heteroatoms. The second-order valence-corrected chi connectivity index (χ2v) is 15.1. The van der Waals surface area contributed by atoms with Gasteiger partial charge in [-0.2, -0.15) is 0 Å². The highest BCUT2D eigenvalue weighted by Crippen LogP contribution is 2.58. The van der Waals surface area contributed by atoms with Gasteiger partial charge in [0, 0.05) is 38.5 Å². The molecule has 9 aromatic carbocycles. The standard InChI is InChI=1S/C55H35NO2/c1-5-17-36(18-6-1)51-47(32-31-44-53-50(58-54(44)51)34-33-49-52(53)43-26-14-16-28-48(43)57-49)56(39-23-11-4-12-24-39)40-29-30-42-41-25-13-15-27-45(41)55(46(42)35-40,37-19-7-2-8-20-37)38-21-9-3-10-22-38/h1-35H. The quantitative estimate of drug-likeness (QED) is 0.170. The van der Waals surface area contributed by atoms with E-state index in [1.54, 1.807) is 0 Å². The Morgan fingerprint density at radius 3 is 1.71 bits per heavy atom. The molecule has 3 nitrogen and oxygen atoms in total. The van der Waals surface area contributed by atoms with Gasteiger partial charge in [-0.25, -0.2) is 0 Å². The van der Waals surface area contributed by atoms with Gasteiger partial charge in [-0.3, -0.25) is 0 Å². The molecule has 0 atom stereocenters. The molecule has 58 heavy (non-hydrogen) atoms. The molecule has 0 N–H and O–H groups in total. The number of benzene rings is 9. The Labute approximate surface area is 335 Å². The lowest BCUT2D eigenvalue weighted by Crippen LogP contribution is -2.28. The van der Waals surface area contributed by atoms with Crippen molar-refractivity contribution in [2.24, 2.45) is 0 Å². The van der Waals surface area contributed by atoms with E-state index in [-0.39, 0.29) is 0 Å². The molecule has 1 aliphatic rings. The molecular formula is C55H35NO2. The van der Waals surface area contributed by atoms with E-state index in [4.69, 9.17) is 8.83 Å². The summed E-state index contributed by atoms with van der Waals surface area (Å²) in [5, 5.41) is 4.29. The summed E-state index contributed by atoms with van der Waals surface area (Å²) in [7, 11) is 0. The summed E-state index contributed by atoms with van der Waals surface area (Å²) in [6, 6.07) is 76.2. The molecule has 0 fully saturated rings. The summed E-state index contributed by atoms with van der Waals surface area (Å²) in [5.74, 6) is 0. The minimum Gasteiger partial charge on any atom is -0.456 e. The predicted molar refractivity (Wildman–Crippen MR) is 238 cm³/mol. The van der Waals surface area contributed by atoms with Gasteiger partial charge in [0.1, 0.15) is 22.3 Å². The minimum atomic E-state index is -0.531. The first kappa shape index (κ1) is 32.6. The topological polar surface area (TPSA) is 29.5 Å². The second-order valence-electron chi connectivity index (χ2n) is 15.1. The first-order valence-corrected chi connectivity index (χ1v) is 19.8. The van der Waals surface area contributed by atoms with Crippen LogP contribution in [0.1, 0.15) is 22.3 Å². The van der Waals surface area contributed by atoms with Crippen molar-refractivity contribution in [3.05, 3.63) is 235 Å². The lowest BCUT2D eigenvalue weighted by atomic mass is 9.67. The summed E-state index contributed by atoms with van der Waals surface area (Å²) in [5.41, 5.74) is 15.6. The SMILES string of the molecule is c1ccc(-c2c(N(c3ccccc3)c3ccc4c(c3)C(c3ccccc3)(c3ccccc3)c3ccccc3-4)ccc3c2oc2ccc4oc5ccccc5c4c23)cc1. The molecule has 272 valence electrons.